The fourth-order valence-corrected chi connectivity index (χ4v) is 2.04. The predicted octanol–water partition coefficient (Wildman–Crippen LogP) is -0.316. The van der Waals surface area contributed by atoms with Gasteiger partial charge in [-0.1, -0.05) is 0 Å². The van der Waals surface area contributed by atoms with Gasteiger partial charge in [-0.15, -0.1) is 0 Å². The summed E-state index contributed by atoms with van der Waals surface area (Å²) in [6, 6.07) is -0.197. The van der Waals surface area contributed by atoms with Crippen molar-refractivity contribution in [2.75, 3.05) is 27.4 Å². The normalized spacial score (nSPS) is 42.2. The van der Waals surface area contributed by atoms with Crippen molar-refractivity contribution in [1.29, 1.82) is 0 Å². The van der Waals surface area contributed by atoms with Crippen LogP contribution in [0.4, 0.5) is 4.39 Å². The topological polar surface area (TPSA) is 39.7 Å². The van der Waals surface area contributed by atoms with Crippen molar-refractivity contribution in [3.8, 4) is 0 Å². The van der Waals surface area contributed by atoms with Crippen molar-refractivity contribution in [3.05, 3.63) is 0 Å². The smallest absolute Gasteiger partial charge is 0.209 e. The largest absolute Gasteiger partial charge is 0.368 e. The molecule has 76 valence electrons. The first-order chi connectivity index (χ1) is 6.23. The summed E-state index contributed by atoms with van der Waals surface area (Å²) in [5, 5.41) is 3.01. The molecule has 2 aliphatic heterocycles. The van der Waals surface area contributed by atoms with Crippen LogP contribution in [0, 0.1) is 0 Å². The number of hydrogen-bond acceptors (Lipinski definition) is 4. The van der Waals surface area contributed by atoms with Crippen LogP contribution in [0.15, 0.2) is 0 Å². The molecule has 2 fully saturated rings. The number of ether oxygens (including phenoxy) is 3. The van der Waals surface area contributed by atoms with Crippen LogP contribution in [-0.2, 0) is 14.2 Å². The third kappa shape index (κ3) is 1.19. The van der Waals surface area contributed by atoms with E-state index in [2.05, 4.69) is 5.32 Å². The molecule has 0 aromatic rings. The van der Waals surface area contributed by atoms with Crippen LogP contribution in [0.3, 0.4) is 0 Å². The Bertz CT molecular complexity index is 198. The fourth-order valence-electron chi connectivity index (χ4n) is 2.04. The standard InChI is InChI=1S/C8H14FNO3/c1-11-8(12-2)4-13-6-5(9)3-10-7(6)8/h5-7,10H,3-4H2,1-2H3/t5-,6?,7-/m0/s1. The molecule has 2 rings (SSSR count). The maximum atomic E-state index is 13.2. The van der Waals surface area contributed by atoms with Gasteiger partial charge in [0.1, 0.15) is 18.9 Å². The quantitative estimate of drug-likeness (QED) is 0.607. The van der Waals surface area contributed by atoms with Crippen LogP contribution in [0.5, 0.6) is 0 Å². The number of rotatable bonds is 2. The van der Waals surface area contributed by atoms with E-state index in [4.69, 9.17) is 14.2 Å². The van der Waals surface area contributed by atoms with E-state index in [0.717, 1.165) is 0 Å². The van der Waals surface area contributed by atoms with Crippen LogP contribution >= 0.6 is 0 Å². The molecule has 2 heterocycles. The molecule has 5 heteroatoms. The zero-order valence-corrected chi connectivity index (χ0v) is 7.75. The maximum absolute atomic E-state index is 13.2. The van der Waals surface area contributed by atoms with Gasteiger partial charge >= 0.3 is 0 Å². The molecule has 0 radical (unpaired) electrons. The molecule has 0 saturated carbocycles. The van der Waals surface area contributed by atoms with E-state index >= 15 is 0 Å². The highest BCUT2D eigenvalue weighted by Gasteiger charge is 2.56. The third-order valence-electron chi connectivity index (χ3n) is 2.86. The molecule has 0 aliphatic carbocycles. The Kier molecular flexibility index (Phi) is 2.27. The monoisotopic (exact) mass is 191 g/mol. The third-order valence-corrected chi connectivity index (χ3v) is 2.86. The molecule has 2 aliphatic rings. The van der Waals surface area contributed by atoms with Crippen LogP contribution in [0.25, 0.3) is 0 Å². The fraction of sp³-hybridized carbons (Fsp3) is 1.00. The number of halogens is 1. The lowest BCUT2D eigenvalue weighted by Crippen LogP contribution is -2.51. The number of hydrogen-bond donors (Lipinski definition) is 1. The Balaban J connectivity index is 2.17. The second kappa shape index (κ2) is 3.16. The van der Waals surface area contributed by atoms with E-state index in [9.17, 15) is 4.39 Å². The Morgan fingerprint density at radius 1 is 1.46 bits per heavy atom. The lowest BCUT2D eigenvalue weighted by Gasteiger charge is -2.29. The Morgan fingerprint density at radius 2 is 2.15 bits per heavy atom. The van der Waals surface area contributed by atoms with Crippen molar-refractivity contribution >= 4 is 0 Å². The zero-order valence-electron chi connectivity index (χ0n) is 7.75. The highest BCUT2D eigenvalue weighted by Crippen LogP contribution is 2.34. The second-order valence-corrected chi connectivity index (χ2v) is 3.40. The van der Waals surface area contributed by atoms with Crippen molar-refractivity contribution in [2.24, 2.45) is 0 Å². The van der Waals surface area contributed by atoms with Gasteiger partial charge in [0.15, 0.2) is 0 Å². The molecule has 0 bridgehead atoms. The Hall–Kier alpha value is -0.230. The molecule has 0 spiro atoms. The molecule has 1 N–H and O–H groups in total. The first-order valence-electron chi connectivity index (χ1n) is 4.33. The second-order valence-electron chi connectivity index (χ2n) is 3.40. The molecule has 13 heavy (non-hydrogen) atoms. The van der Waals surface area contributed by atoms with E-state index in [1.807, 2.05) is 0 Å². The number of fused-ring (bicyclic) bond motifs is 1. The van der Waals surface area contributed by atoms with Crippen molar-refractivity contribution in [3.63, 3.8) is 0 Å². The highest BCUT2D eigenvalue weighted by molar-refractivity contribution is 5.05. The molecule has 0 aromatic carbocycles. The molecule has 1 unspecified atom stereocenters. The summed E-state index contributed by atoms with van der Waals surface area (Å²) in [4.78, 5) is 0. The average molecular weight is 191 g/mol. The van der Waals surface area contributed by atoms with Gasteiger partial charge in [-0.2, -0.15) is 0 Å². The SMILES string of the molecule is COC1(OC)COC2[C@@H](F)CN[C@@H]21. The summed E-state index contributed by atoms with van der Waals surface area (Å²) < 4.78 is 29.0. The van der Waals surface area contributed by atoms with Gasteiger partial charge in [-0.25, -0.2) is 4.39 Å². The van der Waals surface area contributed by atoms with E-state index in [0.29, 0.717) is 6.54 Å². The van der Waals surface area contributed by atoms with Gasteiger partial charge in [0.25, 0.3) is 0 Å². The molecule has 0 aromatic heterocycles. The summed E-state index contributed by atoms with van der Waals surface area (Å²) >= 11 is 0. The van der Waals surface area contributed by atoms with Crippen molar-refractivity contribution < 1.29 is 18.6 Å². The molecule has 0 amide bonds. The minimum Gasteiger partial charge on any atom is -0.368 e. The van der Waals surface area contributed by atoms with E-state index in [1.165, 1.54) is 0 Å². The van der Waals surface area contributed by atoms with Gasteiger partial charge < -0.3 is 19.5 Å². The lowest BCUT2D eigenvalue weighted by molar-refractivity contribution is -0.213. The van der Waals surface area contributed by atoms with Crippen LogP contribution in [0.2, 0.25) is 0 Å². The molecular formula is C8H14FNO3. The number of methoxy groups -OCH3 is 2. The van der Waals surface area contributed by atoms with Gasteiger partial charge in [0, 0.05) is 20.8 Å². The summed E-state index contributed by atoms with van der Waals surface area (Å²) in [5.74, 6) is -0.814. The number of nitrogens with one attached hydrogen (secondary N) is 1. The molecule has 3 atom stereocenters. The molecular weight excluding hydrogens is 177 g/mol. The lowest BCUT2D eigenvalue weighted by atomic mass is 10.1. The summed E-state index contributed by atoms with van der Waals surface area (Å²) in [5.41, 5.74) is 0. The highest BCUT2D eigenvalue weighted by atomic mass is 19.1. The number of alkyl halides is 1. The average Bonchev–Trinajstić information content (AvgIpc) is 2.68. The predicted molar refractivity (Wildman–Crippen MR) is 43.2 cm³/mol. The summed E-state index contributed by atoms with van der Waals surface area (Å²) in [6.45, 7) is 0.590. The van der Waals surface area contributed by atoms with E-state index in [1.54, 1.807) is 14.2 Å². The van der Waals surface area contributed by atoms with Gasteiger partial charge in [-0.05, 0) is 0 Å². The Labute approximate surface area is 76.3 Å². The molecule has 2 saturated heterocycles. The maximum Gasteiger partial charge on any atom is 0.209 e. The Morgan fingerprint density at radius 3 is 2.77 bits per heavy atom. The van der Waals surface area contributed by atoms with E-state index in [-0.39, 0.29) is 12.6 Å². The van der Waals surface area contributed by atoms with E-state index < -0.39 is 18.1 Å². The van der Waals surface area contributed by atoms with Gasteiger partial charge in [0.05, 0.1) is 6.04 Å². The minimum absolute atomic E-state index is 0.197. The van der Waals surface area contributed by atoms with Crippen LogP contribution in [0.1, 0.15) is 0 Å². The first kappa shape index (κ1) is 9.33. The summed E-state index contributed by atoms with van der Waals surface area (Å²) in [7, 11) is 3.09. The van der Waals surface area contributed by atoms with Crippen molar-refractivity contribution in [1.82, 2.24) is 5.32 Å². The van der Waals surface area contributed by atoms with Crippen molar-refractivity contribution in [2.45, 2.75) is 24.1 Å². The first-order valence-corrected chi connectivity index (χ1v) is 4.33. The molecule has 4 nitrogen and oxygen atoms in total. The summed E-state index contributed by atoms with van der Waals surface area (Å²) in [6.07, 6.45) is -1.39. The van der Waals surface area contributed by atoms with Crippen LogP contribution in [-0.4, -0.2) is 51.5 Å². The van der Waals surface area contributed by atoms with Crippen LogP contribution < -0.4 is 5.32 Å². The van der Waals surface area contributed by atoms with Gasteiger partial charge in [-0.3, -0.25) is 0 Å². The minimum atomic E-state index is -0.961. The van der Waals surface area contributed by atoms with Gasteiger partial charge in [0.2, 0.25) is 5.79 Å². The zero-order chi connectivity index (χ0) is 9.47.